The second kappa shape index (κ2) is 6.93. The van der Waals surface area contributed by atoms with E-state index in [9.17, 15) is 9.59 Å². The minimum atomic E-state index is -0.575. The van der Waals surface area contributed by atoms with E-state index in [2.05, 4.69) is 15.5 Å². The van der Waals surface area contributed by atoms with E-state index in [1.54, 1.807) is 30.3 Å². The van der Waals surface area contributed by atoms with E-state index in [1.807, 2.05) is 0 Å². The number of carbonyl (C=O) groups excluding carboxylic acids is 2. The number of hydrogen-bond acceptors (Lipinski definition) is 7. The second-order valence-corrected chi connectivity index (χ2v) is 5.39. The van der Waals surface area contributed by atoms with Crippen LogP contribution in [0, 0.1) is 0 Å². The van der Waals surface area contributed by atoms with Crippen LogP contribution in [-0.2, 0) is 4.79 Å². The fraction of sp³-hybridized carbons (Fsp3) is 0.0667. The van der Waals surface area contributed by atoms with Gasteiger partial charge in [-0.15, -0.1) is 5.10 Å². The number of esters is 1. The summed E-state index contributed by atoms with van der Waals surface area (Å²) in [6.45, 7) is 0. The molecule has 1 aliphatic heterocycles. The molecule has 1 saturated heterocycles. The molecule has 1 fully saturated rings. The van der Waals surface area contributed by atoms with Crippen LogP contribution < -0.4 is 10.1 Å². The van der Waals surface area contributed by atoms with E-state index < -0.39 is 5.97 Å². The van der Waals surface area contributed by atoms with Gasteiger partial charge in [-0.1, -0.05) is 23.9 Å². The van der Waals surface area contributed by atoms with Gasteiger partial charge < -0.3 is 14.5 Å². The summed E-state index contributed by atoms with van der Waals surface area (Å²) in [5.41, 5.74) is 0.702. The monoisotopic (exact) mass is 329 g/mol. The highest BCUT2D eigenvalue weighted by atomic mass is 32.2. The van der Waals surface area contributed by atoms with Gasteiger partial charge in [0, 0.05) is 0 Å². The maximum Gasteiger partial charge on any atom is 0.379 e. The number of ether oxygens (including phenoxy) is 1. The molecule has 8 heteroatoms. The number of amides is 1. The molecule has 0 saturated carbocycles. The fourth-order valence-electron chi connectivity index (χ4n) is 1.74. The quantitative estimate of drug-likeness (QED) is 0.401. The summed E-state index contributed by atoms with van der Waals surface area (Å²) in [6.07, 6.45) is 2.90. The van der Waals surface area contributed by atoms with E-state index in [0.29, 0.717) is 22.2 Å². The van der Waals surface area contributed by atoms with Crippen molar-refractivity contribution in [3.05, 3.63) is 54.0 Å². The van der Waals surface area contributed by atoms with Crippen LogP contribution in [0.15, 0.2) is 57.3 Å². The van der Waals surface area contributed by atoms with Crippen LogP contribution in [0.1, 0.15) is 16.1 Å². The van der Waals surface area contributed by atoms with Gasteiger partial charge in [0.1, 0.15) is 5.75 Å². The summed E-state index contributed by atoms with van der Waals surface area (Å²) >= 11 is 1.29. The molecule has 1 amide bonds. The Bertz CT molecular complexity index is 784. The highest BCUT2D eigenvalue weighted by molar-refractivity contribution is 8.15. The van der Waals surface area contributed by atoms with Crippen LogP contribution in [-0.4, -0.2) is 29.0 Å². The Kier molecular flexibility index (Phi) is 4.53. The Hall–Kier alpha value is -2.87. The average molecular weight is 329 g/mol. The minimum absolute atomic E-state index is 0.0872. The molecule has 0 spiro atoms. The standard InChI is InChI=1S/C15H11N3O4S/c19-13-9-23-15(17-13)18-16-8-10-3-1-4-11(7-10)22-14(20)12-5-2-6-21-12/h1-8H,9H2,(H,17,18,19). The SMILES string of the molecule is O=C1CSC(=NN=Cc2cccc(OC(=O)c3ccco3)c2)N1. The fourth-order valence-corrected chi connectivity index (χ4v) is 2.37. The molecule has 0 unspecified atom stereocenters. The number of thioether (sulfide) groups is 1. The summed E-state index contributed by atoms with van der Waals surface area (Å²) in [5.74, 6) is 0.188. The summed E-state index contributed by atoms with van der Waals surface area (Å²) in [6, 6.07) is 9.94. The van der Waals surface area contributed by atoms with Gasteiger partial charge in [0.25, 0.3) is 0 Å². The third kappa shape index (κ3) is 4.07. The third-order valence-electron chi connectivity index (χ3n) is 2.73. The zero-order chi connectivity index (χ0) is 16.1. The van der Waals surface area contributed by atoms with Crippen LogP contribution in [0.2, 0.25) is 0 Å². The molecule has 1 aromatic carbocycles. The van der Waals surface area contributed by atoms with Crippen LogP contribution in [0.25, 0.3) is 0 Å². The van der Waals surface area contributed by atoms with Crippen molar-refractivity contribution in [1.82, 2.24) is 5.32 Å². The van der Waals surface area contributed by atoms with E-state index in [1.165, 1.54) is 30.3 Å². The van der Waals surface area contributed by atoms with Gasteiger partial charge in [0.15, 0.2) is 5.17 Å². The van der Waals surface area contributed by atoms with E-state index in [4.69, 9.17) is 9.15 Å². The van der Waals surface area contributed by atoms with Crippen molar-refractivity contribution < 1.29 is 18.7 Å². The van der Waals surface area contributed by atoms with Crippen LogP contribution in [0.5, 0.6) is 5.75 Å². The van der Waals surface area contributed by atoms with Crippen molar-refractivity contribution in [3.63, 3.8) is 0 Å². The highest BCUT2D eigenvalue weighted by Gasteiger charge is 2.16. The largest absolute Gasteiger partial charge is 0.457 e. The average Bonchev–Trinajstić information content (AvgIpc) is 3.19. The number of amidine groups is 1. The van der Waals surface area contributed by atoms with Crippen molar-refractivity contribution >= 4 is 35.0 Å². The van der Waals surface area contributed by atoms with Crippen LogP contribution in [0.3, 0.4) is 0 Å². The van der Waals surface area contributed by atoms with Gasteiger partial charge in [0.2, 0.25) is 11.7 Å². The van der Waals surface area contributed by atoms with E-state index in [0.717, 1.165) is 0 Å². The van der Waals surface area contributed by atoms with E-state index in [-0.39, 0.29) is 11.7 Å². The number of nitrogens with one attached hydrogen (secondary N) is 1. The molecule has 23 heavy (non-hydrogen) atoms. The molecule has 2 aromatic rings. The van der Waals surface area contributed by atoms with Crippen molar-refractivity contribution in [2.24, 2.45) is 10.2 Å². The lowest BCUT2D eigenvalue weighted by molar-refractivity contribution is -0.116. The Morgan fingerprint density at radius 2 is 2.26 bits per heavy atom. The van der Waals surface area contributed by atoms with Crippen LogP contribution in [0.4, 0.5) is 0 Å². The Morgan fingerprint density at radius 3 is 3.00 bits per heavy atom. The van der Waals surface area contributed by atoms with E-state index >= 15 is 0 Å². The lowest BCUT2D eigenvalue weighted by Gasteiger charge is -2.02. The number of benzene rings is 1. The Labute approximate surface area is 135 Å². The number of furan rings is 1. The van der Waals surface area contributed by atoms with Crippen molar-refractivity contribution in [2.45, 2.75) is 0 Å². The summed E-state index contributed by atoms with van der Waals surface area (Å²) < 4.78 is 10.2. The predicted molar refractivity (Wildman–Crippen MR) is 85.7 cm³/mol. The summed E-state index contributed by atoms with van der Waals surface area (Å²) in [5, 5.41) is 10.8. The topological polar surface area (TPSA) is 93.3 Å². The van der Waals surface area contributed by atoms with Gasteiger partial charge in [-0.3, -0.25) is 4.79 Å². The number of carbonyl (C=O) groups is 2. The predicted octanol–water partition coefficient (Wildman–Crippen LogP) is 2.05. The van der Waals surface area contributed by atoms with Gasteiger partial charge >= 0.3 is 5.97 Å². The smallest absolute Gasteiger partial charge is 0.379 e. The number of nitrogens with zero attached hydrogens (tertiary/aromatic N) is 2. The van der Waals surface area contributed by atoms with Gasteiger partial charge in [0.05, 0.1) is 18.2 Å². The highest BCUT2D eigenvalue weighted by Crippen LogP contribution is 2.15. The Morgan fingerprint density at radius 1 is 1.35 bits per heavy atom. The summed E-state index contributed by atoms with van der Waals surface area (Å²) in [4.78, 5) is 22.8. The maximum atomic E-state index is 11.8. The maximum absolute atomic E-state index is 11.8. The molecular weight excluding hydrogens is 318 g/mol. The molecule has 0 bridgehead atoms. The van der Waals surface area contributed by atoms with Gasteiger partial charge in [-0.2, -0.15) is 5.10 Å². The molecular formula is C15H11N3O4S. The third-order valence-corrected chi connectivity index (χ3v) is 3.60. The molecule has 1 aliphatic rings. The minimum Gasteiger partial charge on any atom is -0.457 e. The van der Waals surface area contributed by atoms with Crippen molar-refractivity contribution in [1.29, 1.82) is 0 Å². The molecule has 1 aromatic heterocycles. The second-order valence-electron chi connectivity index (χ2n) is 4.43. The molecule has 3 rings (SSSR count). The number of rotatable bonds is 4. The Balaban J connectivity index is 1.65. The molecule has 2 heterocycles. The first-order valence-electron chi connectivity index (χ1n) is 6.60. The lowest BCUT2D eigenvalue weighted by atomic mass is 10.2. The first-order chi connectivity index (χ1) is 11.2. The van der Waals surface area contributed by atoms with Gasteiger partial charge in [-0.05, 0) is 29.8 Å². The first-order valence-corrected chi connectivity index (χ1v) is 7.59. The first kappa shape index (κ1) is 15.0. The lowest BCUT2D eigenvalue weighted by Crippen LogP contribution is -2.19. The molecule has 7 nitrogen and oxygen atoms in total. The molecule has 116 valence electrons. The van der Waals surface area contributed by atoms with Crippen molar-refractivity contribution in [3.8, 4) is 5.75 Å². The molecule has 0 radical (unpaired) electrons. The van der Waals surface area contributed by atoms with Crippen LogP contribution >= 0.6 is 11.8 Å². The molecule has 0 atom stereocenters. The van der Waals surface area contributed by atoms with Crippen molar-refractivity contribution in [2.75, 3.05) is 5.75 Å². The summed E-state index contributed by atoms with van der Waals surface area (Å²) in [7, 11) is 0. The number of hydrogen-bond donors (Lipinski definition) is 1. The molecule has 0 aliphatic carbocycles. The zero-order valence-electron chi connectivity index (χ0n) is 11.8. The normalized spacial score (nSPS) is 16.0. The zero-order valence-corrected chi connectivity index (χ0v) is 12.6. The van der Waals surface area contributed by atoms with Gasteiger partial charge in [-0.25, -0.2) is 4.79 Å². The molecule has 1 N–H and O–H groups in total.